The van der Waals surface area contributed by atoms with Crippen LogP contribution in [-0.4, -0.2) is 23.9 Å². The van der Waals surface area contributed by atoms with Gasteiger partial charge in [-0.25, -0.2) is 9.67 Å². The van der Waals surface area contributed by atoms with Gasteiger partial charge in [0.1, 0.15) is 11.4 Å². The van der Waals surface area contributed by atoms with E-state index in [0.717, 1.165) is 34.1 Å². The summed E-state index contributed by atoms with van der Waals surface area (Å²) < 4.78 is 8.09. The number of hydrogen-bond donors (Lipinski definition) is 0. The summed E-state index contributed by atoms with van der Waals surface area (Å²) in [5.41, 5.74) is 3.97. The molecule has 0 saturated carbocycles. The van der Waals surface area contributed by atoms with Crippen LogP contribution in [0, 0.1) is 13.8 Å². The maximum Gasteiger partial charge on any atom is 0.242 e. The predicted octanol–water partition coefficient (Wildman–Crippen LogP) is 5.34. The van der Waals surface area contributed by atoms with Crippen molar-refractivity contribution >= 4 is 19.8 Å². The van der Waals surface area contributed by atoms with Crippen LogP contribution in [0.3, 0.4) is 0 Å². The van der Waals surface area contributed by atoms with Gasteiger partial charge in [0.25, 0.3) is 0 Å². The van der Waals surface area contributed by atoms with Crippen LogP contribution in [0.5, 0.6) is 5.75 Å². The Morgan fingerprint density at radius 3 is 2.23 bits per heavy atom. The Morgan fingerprint density at radius 2 is 1.62 bits per heavy atom. The van der Waals surface area contributed by atoms with Gasteiger partial charge in [-0.2, -0.15) is 5.10 Å². The zero-order chi connectivity index (χ0) is 18.7. The minimum absolute atomic E-state index is 0.786. The van der Waals surface area contributed by atoms with Gasteiger partial charge >= 0.3 is 0 Å². The standard InChI is InChI=1S/C21H25N3OSi/c1-16-15-24(23-17(16)2)21(18-11-7-6-8-12-18)22-19-13-9-10-14-20(19)25-26(3,4)5/h6-15H,1-5H3. The number of aromatic nitrogens is 2. The van der Waals surface area contributed by atoms with Crippen molar-refractivity contribution in [3.8, 4) is 5.75 Å². The molecule has 5 heteroatoms. The van der Waals surface area contributed by atoms with Gasteiger partial charge in [0.15, 0.2) is 5.84 Å². The largest absolute Gasteiger partial charge is 0.543 e. The summed E-state index contributed by atoms with van der Waals surface area (Å²) in [6.45, 7) is 10.6. The fraction of sp³-hybridized carbons (Fsp3) is 0.238. The molecule has 0 aliphatic rings. The van der Waals surface area contributed by atoms with Gasteiger partial charge < -0.3 is 4.43 Å². The first-order valence-electron chi connectivity index (χ1n) is 8.79. The van der Waals surface area contributed by atoms with Gasteiger partial charge in [-0.1, -0.05) is 42.5 Å². The van der Waals surface area contributed by atoms with E-state index in [9.17, 15) is 0 Å². The first-order valence-corrected chi connectivity index (χ1v) is 12.2. The molecule has 0 fully saturated rings. The van der Waals surface area contributed by atoms with E-state index in [1.165, 1.54) is 0 Å². The van der Waals surface area contributed by atoms with Crippen molar-refractivity contribution in [1.82, 2.24) is 9.78 Å². The number of aryl methyl sites for hydroxylation is 2. The Hall–Kier alpha value is -2.66. The fourth-order valence-electron chi connectivity index (χ4n) is 2.57. The van der Waals surface area contributed by atoms with E-state index in [0.29, 0.717) is 0 Å². The highest BCUT2D eigenvalue weighted by Crippen LogP contribution is 2.30. The SMILES string of the molecule is Cc1cn(C(=Nc2ccccc2O[Si](C)(C)C)c2ccccc2)nc1C. The molecule has 0 N–H and O–H groups in total. The lowest BCUT2D eigenvalue weighted by Crippen LogP contribution is -2.29. The Labute approximate surface area is 156 Å². The number of nitrogens with zero attached hydrogens (tertiary/aromatic N) is 3. The highest BCUT2D eigenvalue weighted by Gasteiger charge is 2.19. The summed E-state index contributed by atoms with van der Waals surface area (Å²) in [6, 6.07) is 18.1. The number of rotatable bonds is 4. The van der Waals surface area contributed by atoms with Gasteiger partial charge in [0, 0.05) is 11.8 Å². The quantitative estimate of drug-likeness (QED) is 0.356. The molecule has 2 aromatic carbocycles. The molecule has 0 aliphatic heterocycles. The summed E-state index contributed by atoms with van der Waals surface area (Å²) in [5.74, 6) is 1.61. The van der Waals surface area contributed by atoms with Crippen LogP contribution in [-0.2, 0) is 0 Å². The van der Waals surface area contributed by atoms with Crippen molar-refractivity contribution in [2.75, 3.05) is 0 Å². The van der Waals surface area contributed by atoms with Crippen LogP contribution in [0.1, 0.15) is 16.8 Å². The normalized spacial score (nSPS) is 12.3. The van der Waals surface area contributed by atoms with E-state index in [2.05, 4.69) is 31.7 Å². The molecule has 4 nitrogen and oxygen atoms in total. The van der Waals surface area contributed by atoms with E-state index in [1.807, 2.05) is 72.4 Å². The fourth-order valence-corrected chi connectivity index (χ4v) is 3.40. The Morgan fingerprint density at radius 1 is 0.962 bits per heavy atom. The van der Waals surface area contributed by atoms with E-state index >= 15 is 0 Å². The molecule has 0 spiro atoms. The highest BCUT2D eigenvalue weighted by atomic mass is 28.4. The van der Waals surface area contributed by atoms with E-state index in [4.69, 9.17) is 9.42 Å². The molecule has 1 aromatic heterocycles. The molecule has 0 bridgehead atoms. The average molecular weight is 364 g/mol. The molecular weight excluding hydrogens is 338 g/mol. The van der Waals surface area contributed by atoms with Crippen LogP contribution in [0.25, 0.3) is 0 Å². The topological polar surface area (TPSA) is 39.4 Å². The number of para-hydroxylation sites is 2. The highest BCUT2D eigenvalue weighted by molar-refractivity contribution is 6.70. The molecule has 134 valence electrons. The molecule has 0 aliphatic carbocycles. The van der Waals surface area contributed by atoms with Crippen molar-refractivity contribution < 1.29 is 4.43 Å². The molecule has 1 heterocycles. The van der Waals surface area contributed by atoms with Crippen LogP contribution >= 0.6 is 0 Å². The Bertz CT molecular complexity index is 904. The van der Waals surface area contributed by atoms with Crippen molar-refractivity contribution in [2.24, 2.45) is 4.99 Å². The molecule has 0 unspecified atom stereocenters. The molecule has 3 rings (SSSR count). The zero-order valence-corrected chi connectivity index (χ0v) is 17.0. The average Bonchev–Trinajstić information content (AvgIpc) is 2.92. The zero-order valence-electron chi connectivity index (χ0n) is 16.0. The van der Waals surface area contributed by atoms with Gasteiger partial charge in [-0.15, -0.1) is 0 Å². The lowest BCUT2D eigenvalue weighted by atomic mass is 10.2. The lowest BCUT2D eigenvalue weighted by Gasteiger charge is -2.20. The van der Waals surface area contributed by atoms with Gasteiger partial charge in [0.05, 0.1) is 5.69 Å². The Kier molecular flexibility index (Phi) is 5.09. The van der Waals surface area contributed by atoms with Crippen molar-refractivity contribution in [2.45, 2.75) is 33.5 Å². The summed E-state index contributed by atoms with van der Waals surface area (Å²) in [7, 11) is -1.74. The summed E-state index contributed by atoms with van der Waals surface area (Å²) in [4.78, 5) is 4.95. The molecule has 0 amide bonds. The number of benzene rings is 2. The maximum absolute atomic E-state index is 6.24. The van der Waals surface area contributed by atoms with Crippen LogP contribution in [0.15, 0.2) is 65.8 Å². The van der Waals surface area contributed by atoms with Gasteiger partial charge in [-0.05, 0) is 51.2 Å². The molecule has 26 heavy (non-hydrogen) atoms. The summed E-state index contributed by atoms with van der Waals surface area (Å²) in [6.07, 6.45) is 2.02. The van der Waals surface area contributed by atoms with Gasteiger partial charge in [-0.3, -0.25) is 0 Å². The van der Waals surface area contributed by atoms with Crippen LogP contribution in [0.2, 0.25) is 19.6 Å². The van der Waals surface area contributed by atoms with Crippen molar-refractivity contribution in [1.29, 1.82) is 0 Å². The summed E-state index contributed by atoms with van der Waals surface area (Å²) in [5, 5.41) is 4.64. The predicted molar refractivity (Wildman–Crippen MR) is 110 cm³/mol. The van der Waals surface area contributed by atoms with Crippen molar-refractivity contribution in [3.05, 3.63) is 77.6 Å². The number of hydrogen-bond acceptors (Lipinski definition) is 3. The second-order valence-electron chi connectivity index (χ2n) is 7.33. The van der Waals surface area contributed by atoms with Crippen molar-refractivity contribution in [3.63, 3.8) is 0 Å². The van der Waals surface area contributed by atoms with Crippen LogP contribution < -0.4 is 4.43 Å². The first-order chi connectivity index (χ1) is 12.3. The third-order valence-corrected chi connectivity index (χ3v) is 4.73. The van der Waals surface area contributed by atoms with E-state index < -0.39 is 8.32 Å². The molecular formula is C21H25N3OSi. The minimum Gasteiger partial charge on any atom is -0.543 e. The molecule has 0 radical (unpaired) electrons. The first kappa shape index (κ1) is 18.1. The molecule has 3 aromatic rings. The molecule has 0 atom stereocenters. The monoisotopic (exact) mass is 363 g/mol. The van der Waals surface area contributed by atoms with Gasteiger partial charge in [0.2, 0.25) is 8.32 Å². The number of aliphatic imine (C=N–C) groups is 1. The van der Waals surface area contributed by atoms with E-state index in [1.54, 1.807) is 0 Å². The minimum atomic E-state index is -1.74. The van der Waals surface area contributed by atoms with Crippen LogP contribution in [0.4, 0.5) is 5.69 Å². The second kappa shape index (κ2) is 7.29. The lowest BCUT2D eigenvalue weighted by molar-refractivity contribution is 0.559. The second-order valence-corrected chi connectivity index (χ2v) is 11.8. The smallest absolute Gasteiger partial charge is 0.242 e. The third-order valence-electron chi connectivity index (χ3n) is 3.90. The Balaban J connectivity index is 2.14. The maximum atomic E-state index is 6.24. The molecule has 0 saturated heterocycles. The third kappa shape index (κ3) is 4.29. The van der Waals surface area contributed by atoms with E-state index in [-0.39, 0.29) is 0 Å². The summed E-state index contributed by atoms with van der Waals surface area (Å²) >= 11 is 0.